The Hall–Kier alpha value is -1.22. The van der Waals surface area contributed by atoms with Crippen molar-refractivity contribution in [2.75, 3.05) is 13.1 Å². The van der Waals surface area contributed by atoms with Crippen LogP contribution in [0.3, 0.4) is 0 Å². The Bertz CT molecular complexity index is 925. The first-order valence-electron chi connectivity index (χ1n) is 8.06. The van der Waals surface area contributed by atoms with E-state index in [4.69, 9.17) is 17.2 Å². The maximum Gasteiger partial charge on any atom is 0.260 e. The second-order valence-corrected chi connectivity index (χ2v) is 9.24. The maximum absolute atomic E-state index is 12.7. The van der Waals surface area contributed by atoms with Gasteiger partial charge in [-0.25, -0.2) is 4.98 Å². The molecule has 0 bridgehead atoms. The van der Waals surface area contributed by atoms with Crippen molar-refractivity contribution in [1.82, 2.24) is 14.9 Å². The summed E-state index contributed by atoms with van der Waals surface area (Å²) in [5.41, 5.74) is 0.889. The minimum atomic E-state index is -0.0779. The predicted octanol–water partition coefficient (Wildman–Crippen LogP) is 5.13. The number of aromatic amines is 1. The normalized spacial score (nSPS) is 12.4. The predicted molar refractivity (Wildman–Crippen MR) is 115 cm³/mol. The first kappa shape index (κ1) is 18.6. The average molecular weight is 410 g/mol. The van der Waals surface area contributed by atoms with E-state index in [2.05, 4.69) is 23.7 Å². The smallest absolute Gasteiger partial charge is 0.260 e. The Balaban J connectivity index is 1.91. The number of H-pyrrole nitrogens is 1. The standard InChI is InChI=1S/C17H19N3OS4/c1-4-20(5-2)17(22)25-10(3)14-18-15(21)13-11(9-24-16(13)19-14)12-7-6-8-23-12/h6-10H,4-5H2,1-3H3,(H,18,19,21)/t10-/m1/s1. The van der Waals surface area contributed by atoms with Crippen LogP contribution in [0, 0.1) is 0 Å². The van der Waals surface area contributed by atoms with Crippen molar-refractivity contribution in [3.8, 4) is 10.4 Å². The van der Waals surface area contributed by atoms with Gasteiger partial charge in [-0.05, 0) is 32.2 Å². The molecule has 3 heterocycles. The van der Waals surface area contributed by atoms with Gasteiger partial charge < -0.3 is 9.88 Å². The van der Waals surface area contributed by atoms with Crippen molar-refractivity contribution >= 4 is 61.2 Å². The van der Waals surface area contributed by atoms with Crippen LogP contribution in [0.2, 0.25) is 0 Å². The second-order valence-electron chi connectivity index (χ2n) is 5.46. The van der Waals surface area contributed by atoms with Crippen molar-refractivity contribution < 1.29 is 0 Å². The van der Waals surface area contributed by atoms with Gasteiger partial charge in [-0.1, -0.05) is 30.0 Å². The number of fused-ring (bicyclic) bond motifs is 1. The van der Waals surface area contributed by atoms with Crippen LogP contribution >= 0.6 is 46.7 Å². The number of rotatable bonds is 5. The van der Waals surface area contributed by atoms with Crippen molar-refractivity contribution in [2.24, 2.45) is 0 Å². The van der Waals surface area contributed by atoms with Crippen LogP contribution in [0.4, 0.5) is 0 Å². The Kier molecular flexibility index (Phi) is 5.93. The highest BCUT2D eigenvalue weighted by molar-refractivity contribution is 8.23. The van der Waals surface area contributed by atoms with E-state index >= 15 is 0 Å². The molecular weight excluding hydrogens is 390 g/mol. The molecule has 8 heteroatoms. The molecule has 0 aliphatic rings. The van der Waals surface area contributed by atoms with Gasteiger partial charge in [0.1, 0.15) is 15.0 Å². The third-order valence-corrected chi connectivity index (χ3v) is 7.29. The zero-order valence-electron chi connectivity index (χ0n) is 14.2. The lowest BCUT2D eigenvalue weighted by Gasteiger charge is -2.22. The molecule has 0 aliphatic carbocycles. The zero-order valence-corrected chi connectivity index (χ0v) is 17.5. The van der Waals surface area contributed by atoms with E-state index in [1.807, 2.05) is 29.8 Å². The van der Waals surface area contributed by atoms with Crippen molar-refractivity contribution in [3.63, 3.8) is 0 Å². The lowest BCUT2D eigenvalue weighted by atomic mass is 10.2. The van der Waals surface area contributed by atoms with Gasteiger partial charge in [0.05, 0.1) is 10.6 Å². The highest BCUT2D eigenvalue weighted by atomic mass is 32.2. The van der Waals surface area contributed by atoms with E-state index in [-0.39, 0.29) is 10.8 Å². The third-order valence-electron chi connectivity index (χ3n) is 3.93. The number of aromatic nitrogens is 2. The molecule has 3 aromatic rings. The van der Waals surface area contributed by atoms with Crippen LogP contribution in [-0.2, 0) is 0 Å². The summed E-state index contributed by atoms with van der Waals surface area (Å²) in [6, 6.07) is 4.02. The molecule has 0 radical (unpaired) electrons. The highest BCUT2D eigenvalue weighted by Gasteiger charge is 2.19. The molecule has 0 saturated carbocycles. The van der Waals surface area contributed by atoms with E-state index in [1.54, 1.807) is 23.1 Å². The molecule has 0 amide bonds. The van der Waals surface area contributed by atoms with Crippen LogP contribution in [-0.4, -0.2) is 32.3 Å². The Morgan fingerprint density at radius 2 is 2.16 bits per heavy atom. The number of nitrogens with one attached hydrogen (secondary N) is 1. The number of hydrogen-bond donors (Lipinski definition) is 1. The van der Waals surface area contributed by atoms with E-state index in [1.165, 1.54) is 11.3 Å². The molecule has 3 rings (SSSR count). The van der Waals surface area contributed by atoms with E-state index < -0.39 is 0 Å². The Labute approximate surface area is 164 Å². The van der Waals surface area contributed by atoms with Crippen molar-refractivity contribution in [3.05, 3.63) is 39.1 Å². The number of thiophene rings is 2. The molecule has 3 aromatic heterocycles. The minimum absolute atomic E-state index is 0.00233. The summed E-state index contributed by atoms with van der Waals surface area (Å²) in [4.78, 5) is 24.3. The molecule has 25 heavy (non-hydrogen) atoms. The molecule has 0 fully saturated rings. The molecule has 0 aromatic carbocycles. The second kappa shape index (κ2) is 7.99. The summed E-state index contributed by atoms with van der Waals surface area (Å²) < 4.78 is 0.839. The van der Waals surface area contributed by atoms with Crippen molar-refractivity contribution in [1.29, 1.82) is 0 Å². The summed E-state index contributed by atoms with van der Waals surface area (Å²) >= 11 is 10.2. The number of thiocarbonyl (C=S) groups is 1. The summed E-state index contributed by atoms with van der Waals surface area (Å²) in [7, 11) is 0. The van der Waals surface area contributed by atoms with Crippen LogP contribution in [0.25, 0.3) is 20.7 Å². The first-order valence-corrected chi connectivity index (χ1v) is 11.1. The topological polar surface area (TPSA) is 49.0 Å². The lowest BCUT2D eigenvalue weighted by molar-refractivity contribution is 0.482. The fourth-order valence-corrected chi connectivity index (χ4v) is 5.93. The first-order chi connectivity index (χ1) is 12.0. The third kappa shape index (κ3) is 3.81. The zero-order chi connectivity index (χ0) is 18.0. The Morgan fingerprint density at radius 3 is 2.80 bits per heavy atom. The monoisotopic (exact) mass is 409 g/mol. The van der Waals surface area contributed by atoms with Gasteiger partial charge >= 0.3 is 0 Å². The average Bonchev–Trinajstić information content (AvgIpc) is 3.24. The van der Waals surface area contributed by atoms with Gasteiger partial charge in [-0.2, -0.15) is 0 Å². The molecule has 0 saturated heterocycles. The van der Waals surface area contributed by atoms with Crippen LogP contribution in [0.1, 0.15) is 31.8 Å². The molecular formula is C17H19N3OS4. The summed E-state index contributed by atoms with van der Waals surface area (Å²) in [5.74, 6) is 0.677. The summed E-state index contributed by atoms with van der Waals surface area (Å²) in [6.45, 7) is 7.97. The summed E-state index contributed by atoms with van der Waals surface area (Å²) in [6.07, 6.45) is 0. The van der Waals surface area contributed by atoms with Crippen molar-refractivity contribution in [2.45, 2.75) is 26.0 Å². The molecule has 4 nitrogen and oxygen atoms in total. The van der Waals surface area contributed by atoms with Gasteiger partial charge in [0.25, 0.3) is 5.56 Å². The van der Waals surface area contributed by atoms with Crippen LogP contribution < -0.4 is 5.56 Å². The van der Waals surface area contributed by atoms with E-state index in [0.717, 1.165) is 32.7 Å². The van der Waals surface area contributed by atoms with Gasteiger partial charge in [0.2, 0.25) is 0 Å². The molecule has 0 aliphatic heterocycles. The molecule has 0 unspecified atom stereocenters. The quantitative estimate of drug-likeness (QED) is 0.592. The SMILES string of the molecule is CCN(CC)C(=S)S[C@H](C)c1nc2scc(-c3cccs3)c2c(=O)[nH]1. The van der Waals surface area contributed by atoms with Gasteiger partial charge in [0, 0.05) is 28.9 Å². The summed E-state index contributed by atoms with van der Waals surface area (Å²) in [5, 5.41) is 4.71. The molecule has 132 valence electrons. The largest absolute Gasteiger partial charge is 0.358 e. The van der Waals surface area contributed by atoms with E-state index in [9.17, 15) is 4.79 Å². The number of nitrogens with zero attached hydrogens (tertiary/aromatic N) is 2. The van der Waals surface area contributed by atoms with Gasteiger partial charge in [0.15, 0.2) is 0 Å². The van der Waals surface area contributed by atoms with Crippen LogP contribution in [0.5, 0.6) is 0 Å². The lowest BCUT2D eigenvalue weighted by Crippen LogP contribution is -2.27. The Morgan fingerprint density at radius 1 is 1.40 bits per heavy atom. The molecule has 0 spiro atoms. The van der Waals surface area contributed by atoms with Crippen LogP contribution in [0.15, 0.2) is 27.7 Å². The van der Waals surface area contributed by atoms with Gasteiger partial charge in [-0.3, -0.25) is 4.79 Å². The highest BCUT2D eigenvalue weighted by Crippen LogP contribution is 2.35. The minimum Gasteiger partial charge on any atom is -0.358 e. The number of hydrogen-bond acceptors (Lipinski definition) is 6. The fraction of sp³-hybridized carbons (Fsp3) is 0.353. The number of thioether (sulfide) groups is 1. The fourth-order valence-electron chi connectivity index (χ4n) is 2.53. The molecule has 1 N–H and O–H groups in total. The maximum atomic E-state index is 12.7. The van der Waals surface area contributed by atoms with Gasteiger partial charge in [-0.15, -0.1) is 22.7 Å². The van der Waals surface area contributed by atoms with E-state index in [0.29, 0.717) is 11.2 Å². The molecule has 1 atom stereocenters.